The van der Waals surface area contributed by atoms with Gasteiger partial charge in [-0.25, -0.2) is 4.39 Å². The lowest BCUT2D eigenvalue weighted by atomic mass is 9.93. The molecule has 0 amide bonds. The largest absolute Gasteiger partial charge is 0.504 e. The Hall–Kier alpha value is -2.08. The molecule has 0 spiro atoms. The summed E-state index contributed by atoms with van der Waals surface area (Å²) in [4.78, 5) is 10.7. The minimum absolute atomic E-state index is 0.0669. The summed E-state index contributed by atoms with van der Waals surface area (Å²) in [6.45, 7) is 8.73. The molecular formula is C14H20FNO4. The summed E-state index contributed by atoms with van der Waals surface area (Å²) in [6.07, 6.45) is -0.290. The zero-order valence-corrected chi connectivity index (χ0v) is 11.8. The maximum atomic E-state index is 13.3. The Morgan fingerprint density at radius 1 is 1.35 bits per heavy atom. The molecule has 1 aromatic carbocycles. The van der Waals surface area contributed by atoms with Gasteiger partial charge in [-0.2, -0.15) is 0 Å². The summed E-state index contributed by atoms with van der Waals surface area (Å²) >= 11 is 0. The van der Waals surface area contributed by atoms with E-state index >= 15 is 0 Å². The molecule has 0 saturated heterocycles. The number of carbonyl (C=O) groups is 1. The first-order valence-electron chi connectivity index (χ1n) is 5.82. The van der Waals surface area contributed by atoms with Gasteiger partial charge >= 0.3 is 5.97 Å². The van der Waals surface area contributed by atoms with E-state index in [4.69, 9.17) is 21.1 Å². The highest BCUT2D eigenvalue weighted by Crippen LogP contribution is 2.29. The molecule has 0 fully saturated rings. The molecule has 0 radical (unpaired) electrons. The van der Waals surface area contributed by atoms with E-state index in [2.05, 4.69) is 6.58 Å². The first-order valence-corrected chi connectivity index (χ1v) is 5.82. The van der Waals surface area contributed by atoms with Crippen LogP contribution in [0.15, 0.2) is 24.3 Å². The minimum atomic E-state index is -1.63. The first-order chi connectivity index (χ1) is 8.97. The van der Waals surface area contributed by atoms with Crippen molar-refractivity contribution in [2.24, 2.45) is 5.73 Å². The highest BCUT2D eigenvalue weighted by molar-refractivity contribution is 5.78. The van der Waals surface area contributed by atoms with Crippen LogP contribution in [0.4, 0.5) is 4.39 Å². The van der Waals surface area contributed by atoms with Crippen molar-refractivity contribution in [1.82, 2.24) is 0 Å². The van der Waals surface area contributed by atoms with Crippen LogP contribution in [0.25, 0.3) is 0 Å². The number of hydrogen-bond donors (Lipinski definition) is 4. The van der Waals surface area contributed by atoms with Crippen LogP contribution in [-0.4, -0.2) is 26.8 Å². The van der Waals surface area contributed by atoms with Gasteiger partial charge in [-0.3, -0.25) is 4.79 Å². The third-order valence-corrected chi connectivity index (χ3v) is 2.19. The van der Waals surface area contributed by atoms with E-state index in [-0.39, 0.29) is 12.0 Å². The van der Waals surface area contributed by atoms with Gasteiger partial charge in [0, 0.05) is 12.5 Å². The van der Waals surface area contributed by atoms with Crippen molar-refractivity contribution >= 4 is 5.97 Å². The highest BCUT2D eigenvalue weighted by atomic mass is 19.1. The SMILES string of the molecule is C=C(C)C.C[C@](N)(Cc1cc(O)c(O)cc1F)C(=O)O. The smallest absolute Gasteiger partial charge is 0.323 e. The van der Waals surface area contributed by atoms with E-state index in [0.29, 0.717) is 6.07 Å². The zero-order chi connectivity index (χ0) is 16.1. The van der Waals surface area contributed by atoms with E-state index in [1.165, 1.54) is 12.5 Å². The average molecular weight is 285 g/mol. The fraction of sp³-hybridized carbons (Fsp3) is 0.357. The summed E-state index contributed by atoms with van der Waals surface area (Å²) in [5.74, 6) is -3.21. The Bertz CT molecular complexity index is 508. The summed E-state index contributed by atoms with van der Waals surface area (Å²) in [5.41, 5.74) is 4.90. The summed E-state index contributed by atoms with van der Waals surface area (Å²) < 4.78 is 13.3. The fourth-order valence-corrected chi connectivity index (χ4v) is 1.20. The second-order valence-electron chi connectivity index (χ2n) is 5.04. The molecule has 6 heteroatoms. The van der Waals surface area contributed by atoms with E-state index in [1.807, 2.05) is 13.8 Å². The molecule has 5 nitrogen and oxygen atoms in total. The Labute approximate surface area is 117 Å². The van der Waals surface area contributed by atoms with Crippen molar-refractivity contribution in [2.75, 3.05) is 0 Å². The quantitative estimate of drug-likeness (QED) is 0.503. The van der Waals surface area contributed by atoms with Crippen LogP contribution in [0.5, 0.6) is 11.5 Å². The van der Waals surface area contributed by atoms with Crippen LogP contribution in [0.1, 0.15) is 26.3 Å². The van der Waals surface area contributed by atoms with Crippen LogP contribution in [0.3, 0.4) is 0 Å². The number of phenols is 2. The van der Waals surface area contributed by atoms with Crippen molar-refractivity contribution in [1.29, 1.82) is 0 Å². The highest BCUT2D eigenvalue weighted by Gasteiger charge is 2.29. The number of aromatic hydroxyl groups is 2. The number of hydrogen-bond acceptors (Lipinski definition) is 4. The van der Waals surface area contributed by atoms with Gasteiger partial charge in [0.05, 0.1) is 0 Å². The van der Waals surface area contributed by atoms with E-state index in [9.17, 15) is 9.18 Å². The van der Waals surface area contributed by atoms with Crippen molar-refractivity contribution in [3.05, 3.63) is 35.7 Å². The topological polar surface area (TPSA) is 104 Å². The Balaban J connectivity index is 0.000000796. The minimum Gasteiger partial charge on any atom is -0.504 e. The van der Waals surface area contributed by atoms with Crippen LogP contribution in [0.2, 0.25) is 0 Å². The molecule has 0 aliphatic carbocycles. The third kappa shape index (κ3) is 5.71. The predicted octanol–water partition coefficient (Wildman–Crippen LogP) is 2.16. The lowest BCUT2D eigenvalue weighted by molar-refractivity contribution is -0.142. The predicted molar refractivity (Wildman–Crippen MR) is 74.1 cm³/mol. The molecule has 0 unspecified atom stereocenters. The molecule has 0 saturated carbocycles. The molecule has 1 atom stereocenters. The molecule has 5 N–H and O–H groups in total. The number of benzene rings is 1. The third-order valence-electron chi connectivity index (χ3n) is 2.19. The molecule has 112 valence electrons. The van der Waals surface area contributed by atoms with Crippen molar-refractivity contribution in [3.63, 3.8) is 0 Å². The van der Waals surface area contributed by atoms with Crippen molar-refractivity contribution in [3.8, 4) is 11.5 Å². The van der Waals surface area contributed by atoms with Gasteiger partial charge in [0.1, 0.15) is 11.4 Å². The maximum absolute atomic E-state index is 13.3. The Morgan fingerprint density at radius 2 is 1.75 bits per heavy atom. The number of rotatable bonds is 3. The second-order valence-corrected chi connectivity index (χ2v) is 5.04. The molecule has 0 aliphatic rings. The van der Waals surface area contributed by atoms with Crippen molar-refractivity contribution < 1.29 is 24.5 Å². The van der Waals surface area contributed by atoms with E-state index < -0.39 is 28.8 Å². The number of carboxylic acid groups (broad SMARTS) is 1. The first kappa shape index (κ1) is 17.9. The second kappa shape index (κ2) is 6.91. The van der Waals surface area contributed by atoms with Crippen LogP contribution in [0, 0.1) is 5.82 Å². The molecule has 0 aromatic heterocycles. The maximum Gasteiger partial charge on any atom is 0.323 e. The standard InChI is InChI=1S/C10H12FNO4.C4H8/c1-10(12,9(15)16)4-5-2-7(13)8(14)3-6(5)11;1-4(2)3/h2-3,13-14H,4,12H2,1H3,(H,15,16);1H2,2-3H3/t10-;/m0./s1. The number of nitrogens with two attached hydrogens (primary N) is 1. The molecule has 0 aliphatic heterocycles. The lowest BCUT2D eigenvalue weighted by Gasteiger charge is -2.19. The van der Waals surface area contributed by atoms with Gasteiger partial charge < -0.3 is 21.1 Å². The number of aliphatic carboxylic acids is 1. The van der Waals surface area contributed by atoms with Gasteiger partial charge in [-0.1, -0.05) is 5.57 Å². The van der Waals surface area contributed by atoms with Gasteiger partial charge in [-0.05, 0) is 32.4 Å². The average Bonchev–Trinajstić information content (AvgIpc) is 2.24. The van der Waals surface area contributed by atoms with Gasteiger partial charge in [0.15, 0.2) is 11.5 Å². The fourth-order valence-electron chi connectivity index (χ4n) is 1.20. The molecule has 1 aromatic rings. The number of allylic oxidation sites excluding steroid dienone is 1. The Morgan fingerprint density at radius 3 is 2.15 bits per heavy atom. The normalized spacial score (nSPS) is 12.8. The molecule has 20 heavy (non-hydrogen) atoms. The van der Waals surface area contributed by atoms with Gasteiger partial charge in [0.25, 0.3) is 0 Å². The van der Waals surface area contributed by atoms with Crippen LogP contribution < -0.4 is 5.73 Å². The molecule has 0 bridgehead atoms. The molecule has 1 rings (SSSR count). The molecule has 0 heterocycles. The zero-order valence-electron chi connectivity index (χ0n) is 11.8. The van der Waals surface area contributed by atoms with Gasteiger partial charge in [0.2, 0.25) is 0 Å². The van der Waals surface area contributed by atoms with Crippen LogP contribution in [-0.2, 0) is 11.2 Å². The van der Waals surface area contributed by atoms with Crippen LogP contribution >= 0.6 is 0 Å². The summed E-state index contributed by atoms with van der Waals surface area (Å²) in [7, 11) is 0. The number of phenolic OH excluding ortho intramolecular Hbond substituents is 2. The van der Waals surface area contributed by atoms with E-state index in [1.54, 1.807) is 0 Å². The monoisotopic (exact) mass is 285 g/mol. The number of halogens is 1. The molecular weight excluding hydrogens is 265 g/mol. The Kier molecular flexibility index (Phi) is 6.19. The lowest BCUT2D eigenvalue weighted by Crippen LogP contribution is -2.47. The van der Waals surface area contributed by atoms with E-state index in [0.717, 1.165) is 6.07 Å². The number of carboxylic acids is 1. The van der Waals surface area contributed by atoms with Gasteiger partial charge in [-0.15, -0.1) is 6.58 Å². The summed E-state index contributed by atoms with van der Waals surface area (Å²) in [5, 5.41) is 26.9. The summed E-state index contributed by atoms with van der Waals surface area (Å²) in [6, 6.07) is 1.67. The van der Waals surface area contributed by atoms with Crippen molar-refractivity contribution in [2.45, 2.75) is 32.7 Å².